The molecule has 0 aliphatic heterocycles. The van der Waals surface area contributed by atoms with Crippen molar-refractivity contribution in [3.8, 4) is 5.75 Å². The maximum atomic E-state index is 13.4. The van der Waals surface area contributed by atoms with Crippen molar-refractivity contribution in [1.82, 2.24) is 19.9 Å². The van der Waals surface area contributed by atoms with E-state index in [4.69, 9.17) is 16.3 Å². The second kappa shape index (κ2) is 7.11. The molecule has 1 N–H and O–H groups in total. The summed E-state index contributed by atoms with van der Waals surface area (Å²) in [5.41, 5.74) is 1.86. The number of aromatic nitrogens is 3. The first-order valence-electron chi connectivity index (χ1n) is 8.01. The van der Waals surface area contributed by atoms with Crippen LogP contribution in [0, 0.1) is 0 Å². The van der Waals surface area contributed by atoms with Crippen LogP contribution in [0.3, 0.4) is 0 Å². The standard InChI is InChI=1S/C18H17ClF2N4O2/c1-18(20,21)16-12(19)6-10(7-22-16)17(26)23-8-11-14(27-3)5-4-13-15(11)25(2)9-24-13/h4-7,9H,8H2,1-3H3,(H,23,26). The number of alkyl halides is 2. The molecule has 0 radical (unpaired) electrons. The Bertz CT molecular complexity index is 1010. The second-order valence-electron chi connectivity index (χ2n) is 6.10. The van der Waals surface area contributed by atoms with Gasteiger partial charge in [0.25, 0.3) is 11.8 Å². The van der Waals surface area contributed by atoms with Gasteiger partial charge in [-0.3, -0.25) is 9.78 Å². The average Bonchev–Trinajstić information content (AvgIpc) is 2.99. The summed E-state index contributed by atoms with van der Waals surface area (Å²) in [6.07, 6.45) is 2.75. The fourth-order valence-corrected chi connectivity index (χ4v) is 3.16. The zero-order chi connectivity index (χ0) is 19.8. The van der Waals surface area contributed by atoms with E-state index in [-0.39, 0.29) is 17.1 Å². The molecule has 0 saturated carbocycles. The fraction of sp³-hybridized carbons (Fsp3) is 0.278. The monoisotopic (exact) mass is 394 g/mol. The van der Waals surface area contributed by atoms with Gasteiger partial charge < -0.3 is 14.6 Å². The van der Waals surface area contributed by atoms with Crippen molar-refractivity contribution >= 4 is 28.5 Å². The van der Waals surface area contributed by atoms with Crippen LogP contribution in [0.15, 0.2) is 30.7 Å². The Morgan fingerprint density at radius 1 is 1.37 bits per heavy atom. The summed E-state index contributed by atoms with van der Waals surface area (Å²) >= 11 is 5.85. The van der Waals surface area contributed by atoms with E-state index in [0.29, 0.717) is 12.7 Å². The number of rotatable bonds is 5. The van der Waals surface area contributed by atoms with Gasteiger partial charge in [-0.1, -0.05) is 11.6 Å². The van der Waals surface area contributed by atoms with Crippen LogP contribution in [-0.4, -0.2) is 27.6 Å². The third-order valence-electron chi connectivity index (χ3n) is 4.11. The highest BCUT2D eigenvalue weighted by Crippen LogP contribution is 2.31. The number of carbonyl (C=O) groups excluding carboxylic acids is 1. The number of halogens is 3. The Balaban J connectivity index is 1.85. The molecule has 142 valence electrons. The fourth-order valence-electron chi connectivity index (χ4n) is 2.83. The van der Waals surface area contributed by atoms with Crippen LogP contribution < -0.4 is 10.1 Å². The summed E-state index contributed by atoms with van der Waals surface area (Å²) in [7, 11) is 3.38. The van der Waals surface area contributed by atoms with Crippen LogP contribution in [0.5, 0.6) is 5.75 Å². The summed E-state index contributed by atoms with van der Waals surface area (Å²) in [4.78, 5) is 20.3. The number of imidazole rings is 1. The summed E-state index contributed by atoms with van der Waals surface area (Å²) < 4.78 is 34.0. The molecule has 6 nitrogen and oxygen atoms in total. The Kier molecular flexibility index (Phi) is 5.01. The number of aryl methyl sites for hydroxylation is 1. The molecule has 9 heteroatoms. The van der Waals surface area contributed by atoms with Gasteiger partial charge in [-0.2, -0.15) is 8.78 Å². The molecule has 2 heterocycles. The zero-order valence-corrected chi connectivity index (χ0v) is 15.6. The highest BCUT2D eigenvalue weighted by atomic mass is 35.5. The average molecular weight is 395 g/mol. The number of benzene rings is 1. The summed E-state index contributed by atoms with van der Waals surface area (Å²) in [6.45, 7) is 0.851. The van der Waals surface area contributed by atoms with E-state index in [2.05, 4.69) is 15.3 Å². The van der Waals surface area contributed by atoms with E-state index >= 15 is 0 Å². The minimum atomic E-state index is -3.19. The molecule has 0 bridgehead atoms. The highest BCUT2D eigenvalue weighted by Gasteiger charge is 2.29. The van der Waals surface area contributed by atoms with Crippen molar-refractivity contribution in [2.24, 2.45) is 7.05 Å². The van der Waals surface area contributed by atoms with Gasteiger partial charge in [0.1, 0.15) is 11.4 Å². The van der Waals surface area contributed by atoms with Gasteiger partial charge in [0.15, 0.2) is 0 Å². The Morgan fingerprint density at radius 3 is 2.74 bits per heavy atom. The van der Waals surface area contributed by atoms with Gasteiger partial charge in [-0.15, -0.1) is 0 Å². The third-order valence-corrected chi connectivity index (χ3v) is 4.39. The van der Waals surface area contributed by atoms with Gasteiger partial charge in [0, 0.05) is 32.3 Å². The van der Waals surface area contributed by atoms with E-state index in [0.717, 1.165) is 22.8 Å². The van der Waals surface area contributed by atoms with Gasteiger partial charge >= 0.3 is 0 Å². The number of nitrogens with one attached hydrogen (secondary N) is 1. The van der Waals surface area contributed by atoms with Crippen molar-refractivity contribution in [3.05, 3.63) is 52.6 Å². The molecule has 27 heavy (non-hydrogen) atoms. The number of carbonyl (C=O) groups is 1. The van der Waals surface area contributed by atoms with Gasteiger partial charge in [-0.25, -0.2) is 4.98 Å². The molecule has 1 aromatic carbocycles. The predicted octanol–water partition coefficient (Wildman–Crippen LogP) is 3.67. The SMILES string of the molecule is COc1ccc2ncn(C)c2c1CNC(=O)c1cnc(C(C)(F)F)c(Cl)c1. The molecule has 0 spiro atoms. The number of nitrogens with zero attached hydrogens (tertiary/aromatic N) is 3. The molecule has 2 aromatic heterocycles. The predicted molar refractivity (Wildman–Crippen MR) is 97.3 cm³/mol. The maximum Gasteiger partial charge on any atom is 0.288 e. The van der Waals surface area contributed by atoms with Crippen LogP contribution in [0.2, 0.25) is 5.02 Å². The topological polar surface area (TPSA) is 69.0 Å². The number of methoxy groups -OCH3 is 1. The summed E-state index contributed by atoms with van der Waals surface area (Å²) in [5, 5.41) is 2.48. The van der Waals surface area contributed by atoms with Crippen LogP contribution in [0.25, 0.3) is 11.0 Å². The molecule has 1 amide bonds. The molecule has 0 atom stereocenters. The lowest BCUT2D eigenvalue weighted by atomic mass is 10.1. The van der Waals surface area contributed by atoms with E-state index in [1.807, 2.05) is 17.7 Å². The van der Waals surface area contributed by atoms with Crippen molar-refractivity contribution in [1.29, 1.82) is 0 Å². The second-order valence-corrected chi connectivity index (χ2v) is 6.50. The summed E-state index contributed by atoms with van der Waals surface area (Å²) in [5.74, 6) is -3.07. The molecular formula is C18H17ClF2N4O2. The smallest absolute Gasteiger partial charge is 0.288 e. The lowest BCUT2D eigenvalue weighted by molar-refractivity contribution is 0.0128. The number of ether oxygens (including phenoxy) is 1. The maximum absolute atomic E-state index is 13.4. The number of hydrogen-bond donors (Lipinski definition) is 1. The normalized spacial score (nSPS) is 11.6. The van der Waals surface area contributed by atoms with Crippen LogP contribution >= 0.6 is 11.6 Å². The van der Waals surface area contributed by atoms with E-state index in [9.17, 15) is 13.6 Å². The van der Waals surface area contributed by atoms with E-state index in [1.165, 1.54) is 13.2 Å². The number of fused-ring (bicyclic) bond motifs is 1. The molecule has 0 aliphatic carbocycles. The molecule has 3 aromatic rings. The lowest BCUT2D eigenvalue weighted by Gasteiger charge is -2.14. The Hall–Kier alpha value is -2.74. The largest absolute Gasteiger partial charge is 0.496 e. The van der Waals surface area contributed by atoms with Gasteiger partial charge in [0.05, 0.1) is 35.1 Å². The van der Waals surface area contributed by atoms with Crippen molar-refractivity contribution in [2.75, 3.05) is 7.11 Å². The van der Waals surface area contributed by atoms with Crippen molar-refractivity contribution in [3.63, 3.8) is 0 Å². The van der Waals surface area contributed by atoms with E-state index in [1.54, 1.807) is 12.4 Å². The molecule has 0 fully saturated rings. The first-order valence-corrected chi connectivity index (χ1v) is 8.39. The van der Waals surface area contributed by atoms with E-state index < -0.39 is 17.5 Å². The number of pyridine rings is 1. The third kappa shape index (κ3) is 3.71. The van der Waals surface area contributed by atoms with Crippen LogP contribution in [0.4, 0.5) is 8.78 Å². The van der Waals surface area contributed by atoms with Crippen LogP contribution in [-0.2, 0) is 19.5 Å². The molecule has 0 unspecified atom stereocenters. The van der Waals surface area contributed by atoms with Crippen molar-refractivity contribution in [2.45, 2.75) is 19.4 Å². The zero-order valence-electron chi connectivity index (χ0n) is 14.9. The van der Waals surface area contributed by atoms with Gasteiger partial charge in [0.2, 0.25) is 0 Å². The Morgan fingerprint density at radius 2 is 2.11 bits per heavy atom. The molecule has 3 rings (SSSR count). The minimum absolute atomic E-state index is 0.0872. The van der Waals surface area contributed by atoms with Crippen LogP contribution in [0.1, 0.15) is 28.5 Å². The minimum Gasteiger partial charge on any atom is -0.496 e. The highest BCUT2D eigenvalue weighted by molar-refractivity contribution is 6.31. The number of hydrogen-bond acceptors (Lipinski definition) is 4. The summed E-state index contributed by atoms with van der Waals surface area (Å²) in [6, 6.07) is 4.78. The number of amides is 1. The molecular weight excluding hydrogens is 378 g/mol. The van der Waals surface area contributed by atoms with Gasteiger partial charge in [-0.05, 0) is 18.2 Å². The molecule has 0 saturated heterocycles. The lowest BCUT2D eigenvalue weighted by Crippen LogP contribution is -2.24. The first-order chi connectivity index (χ1) is 12.7. The first kappa shape index (κ1) is 19.0. The molecule has 0 aliphatic rings. The Labute approximate surface area is 159 Å². The quantitative estimate of drug-likeness (QED) is 0.716. The van der Waals surface area contributed by atoms with Crippen molar-refractivity contribution < 1.29 is 18.3 Å².